The second-order valence-electron chi connectivity index (χ2n) is 5.74. The lowest BCUT2D eigenvalue weighted by atomic mass is 10.2. The number of carbonyl (C=O) groups is 1. The average molecular weight is 348 g/mol. The molecule has 0 aliphatic heterocycles. The number of amides is 1. The Kier molecular flexibility index (Phi) is 8.51. The molecule has 1 N–H and O–H groups in total. The smallest absolute Gasteiger partial charge is 0.275 e. The van der Waals surface area contributed by atoms with E-state index in [1.165, 1.54) is 19.1 Å². The predicted octanol–water partition coefficient (Wildman–Crippen LogP) is 4.41. The van der Waals surface area contributed by atoms with Gasteiger partial charge in [-0.05, 0) is 36.6 Å². The maximum atomic E-state index is 12.3. The SMILES string of the molecule is CCCCCCOc1ccccc1C(=O)N/N=C/C#Cc1ccccc1. The number of ether oxygens (including phenoxy) is 1. The minimum Gasteiger partial charge on any atom is -0.493 e. The highest BCUT2D eigenvalue weighted by Gasteiger charge is 2.10. The number of benzene rings is 2. The van der Waals surface area contributed by atoms with E-state index in [9.17, 15) is 4.79 Å². The molecular formula is C22H24N2O2. The van der Waals surface area contributed by atoms with Crippen LogP contribution >= 0.6 is 0 Å². The van der Waals surface area contributed by atoms with E-state index in [0.29, 0.717) is 17.9 Å². The zero-order valence-electron chi connectivity index (χ0n) is 15.1. The minimum atomic E-state index is -0.313. The number of hydrazone groups is 1. The van der Waals surface area contributed by atoms with Gasteiger partial charge in [-0.1, -0.05) is 62.4 Å². The average Bonchev–Trinajstić information content (AvgIpc) is 2.68. The largest absolute Gasteiger partial charge is 0.493 e. The minimum absolute atomic E-state index is 0.313. The van der Waals surface area contributed by atoms with Crippen LogP contribution in [0.5, 0.6) is 5.75 Å². The summed E-state index contributed by atoms with van der Waals surface area (Å²) in [5.41, 5.74) is 3.85. The summed E-state index contributed by atoms with van der Waals surface area (Å²) in [5, 5.41) is 3.87. The summed E-state index contributed by atoms with van der Waals surface area (Å²) in [6.07, 6.45) is 5.87. The number of carbonyl (C=O) groups excluding carboxylic acids is 1. The van der Waals surface area contributed by atoms with Gasteiger partial charge in [0.15, 0.2) is 0 Å². The number of hydrogen-bond acceptors (Lipinski definition) is 3. The molecule has 0 bridgehead atoms. The Labute approximate surface area is 155 Å². The van der Waals surface area contributed by atoms with E-state index < -0.39 is 0 Å². The van der Waals surface area contributed by atoms with Crippen molar-refractivity contribution in [2.24, 2.45) is 5.10 Å². The van der Waals surface area contributed by atoms with Crippen LogP contribution < -0.4 is 10.2 Å². The molecule has 4 heteroatoms. The van der Waals surface area contributed by atoms with Gasteiger partial charge in [0.2, 0.25) is 0 Å². The molecule has 0 aromatic heterocycles. The van der Waals surface area contributed by atoms with Gasteiger partial charge >= 0.3 is 0 Å². The van der Waals surface area contributed by atoms with Gasteiger partial charge in [-0.3, -0.25) is 4.79 Å². The molecule has 0 aliphatic carbocycles. The Balaban J connectivity index is 1.87. The molecule has 0 fully saturated rings. The molecule has 2 rings (SSSR count). The summed E-state index contributed by atoms with van der Waals surface area (Å²) in [5.74, 6) is 5.99. The van der Waals surface area contributed by atoms with E-state index in [1.54, 1.807) is 18.2 Å². The first-order valence-corrected chi connectivity index (χ1v) is 8.91. The zero-order valence-corrected chi connectivity index (χ0v) is 15.1. The van der Waals surface area contributed by atoms with Crippen LogP contribution in [0.2, 0.25) is 0 Å². The molecular weight excluding hydrogens is 324 g/mol. The molecule has 0 atom stereocenters. The summed E-state index contributed by atoms with van der Waals surface area (Å²) in [4.78, 5) is 12.3. The van der Waals surface area contributed by atoms with Crippen LogP contribution in [0.1, 0.15) is 48.5 Å². The summed E-state index contributed by atoms with van der Waals surface area (Å²) < 4.78 is 5.75. The second-order valence-corrected chi connectivity index (χ2v) is 5.74. The molecule has 0 heterocycles. The van der Waals surface area contributed by atoms with Crippen molar-refractivity contribution in [2.45, 2.75) is 32.6 Å². The zero-order chi connectivity index (χ0) is 18.5. The Morgan fingerprint density at radius 3 is 2.65 bits per heavy atom. The number of unbranched alkanes of at least 4 members (excludes halogenated alkanes) is 3. The molecule has 0 saturated heterocycles. The van der Waals surface area contributed by atoms with E-state index in [4.69, 9.17) is 4.74 Å². The Bertz CT molecular complexity index is 773. The first-order valence-electron chi connectivity index (χ1n) is 8.91. The first kappa shape index (κ1) is 19.3. The van der Waals surface area contributed by atoms with E-state index in [2.05, 4.69) is 29.3 Å². The fourth-order valence-corrected chi connectivity index (χ4v) is 2.31. The molecule has 0 unspecified atom stereocenters. The van der Waals surface area contributed by atoms with Gasteiger partial charge < -0.3 is 4.74 Å². The molecule has 0 aliphatic rings. The molecule has 1 amide bonds. The van der Waals surface area contributed by atoms with Crippen molar-refractivity contribution in [1.82, 2.24) is 5.43 Å². The van der Waals surface area contributed by atoms with Crippen molar-refractivity contribution in [3.63, 3.8) is 0 Å². The van der Waals surface area contributed by atoms with E-state index in [0.717, 1.165) is 18.4 Å². The van der Waals surface area contributed by atoms with Crippen molar-refractivity contribution in [2.75, 3.05) is 6.61 Å². The number of nitrogens with zero attached hydrogens (tertiary/aromatic N) is 1. The lowest BCUT2D eigenvalue weighted by Crippen LogP contribution is -2.18. The highest BCUT2D eigenvalue weighted by Crippen LogP contribution is 2.18. The number of hydrogen-bond donors (Lipinski definition) is 1. The van der Waals surface area contributed by atoms with E-state index >= 15 is 0 Å². The van der Waals surface area contributed by atoms with Crippen LogP contribution in [-0.2, 0) is 0 Å². The quantitative estimate of drug-likeness (QED) is 0.332. The lowest BCUT2D eigenvalue weighted by molar-refractivity contribution is 0.0951. The highest BCUT2D eigenvalue weighted by molar-refractivity contribution is 5.97. The van der Waals surface area contributed by atoms with Gasteiger partial charge in [-0.2, -0.15) is 5.10 Å². The van der Waals surface area contributed by atoms with Crippen molar-refractivity contribution in [3.8, 4) is 17.6 Å². The van der Waals surface area contributed by atoms with Crippen LogP contribution in [0, 0.1) is 11.8 Å². The van der Waals surface area contributed by atoms with Crippen LogP contribution in [-0.4, -0.2) is 18.7 Å². The summed E-state index contributed by atoms with van der Waals surface area (Å²) >= 11 is 0. The monoisotopic (exact) mass is 348 g/mol. The van der Waals surface area contributed by atoms with Crippen LogP contribution in [0.15, 0.2) is 59.7 Å². The van der Waals surface area contributed by atoms with Crippen molar-refractivity contribution in [1.29, 1.82) is 0 Å². The van der Waals surface area contributed by atoms with E-state index in [-0.39, 0.29) is 5.91 Å². The Morgan fingerprint density at radius 2 is 1.85 bits per heavy atom. The van der Waals surface area contributed by atoms with E-state index in [1.807, 2.05) is 36.4 Å². The molecule has 26 heavy (non-hydrogen) atoms. The number of rotatable bonds is 8. The fourth-order valence-electron chi connectivity index (χ4n) is 2.31. The van der Waals surface area contributed by atoms with Crippen LogP contribution in [0.4, 0.5) is 0 Å². The first-order chi connectivity index (χ1) is 12.8. The predicted molar refractivity (Wildman–Crippen MR) is 105 cm³/mol. The molecule has 4 nitrogen and oxygen atoms in total. The number of para-hydroxylation sites is 1. The molecule has 2 aromatic rings. The van der Waals surface area contributed by atoms with Gasteiger partial charge in [0.25, 0.3) is 5.91 Å². The second kappa shape index (κ2) is 11.5. The van der Waals surface area contributed by atoms with Crippen LogP contribution in [0.25, 0.3) is 0 Å². The standard InChI is InChI=1S/C22H24N2O2/c1-2-3-4-10-18-26-21-16-9-8-15-20(21)22(25)24-23-17-11-14-19-12-6-5-7-13-19/h5-9,12-13,15-17H,2-4,10,18H2,1H3,(H,24,25)/b23-17+. The summed E-state index contributed by atoms with van der Waals surface area (Å²) in [6, 6.07) is 16.8. The molecule has 0 radical (unpaired) electrons. The third-order valence-electron chi connectivity index (χ3n) is 3.67. The maximum Gasteiger partial charge on any atom is 0.275 e. The lowest BCUT2D eigenvalue weighted by Gasteiger charge is -2.10. The summed E-state index contributed by atoms with van der Waals surface area (Å²) in [7, 11) is 0. The third-order valence-corrected chi connectivity index (χ3v) is 3.67. The normalized spacial score (nSPS) is 10.2. The van der Waals surface area contributed by atoms with Gasteiger partial charge in [-0.25, -0.2) is 5.43 Å². The topological polar surface area (TPSA) is 50.7 Å². The third kappa shape index (κ3) is 6.82. The van der Waals surface area contributed by atoms with Gasteiger partial charge in [-0.15, -0.1) is 0 Å². The Morgan fingerprint density at radius 1 is 1.08 bits per heavy atom. The number of nitrogens with one attached hydrogen (secondary N) is 1. The highest BCUT2D eigenvalue weighted by atomic mass is 16.5. The van der Waals surface area contributed by atoms with Crippen molar-refractivity contribution >= 4 is 12.1 Å². The molecule has 0 saturated carbocycles. The van der Waals surface area contributed by atoms with Crippen molar-refractivity contribution < 1.29 is 9.53 Å². The maximum absolute atomic E-state index is 12.3. The Hall–Kier alpha value is -3.06. The molecule has 134 valence electrons. The van der Waals surface area contributed by atoms with Gasteiger partial charge in [0, 0.05) is 5.56 Å². The van der Waals surface area contributed by atoms with Crippen LogP contribution in [0.3, 0.4) is 0 Å². The van der Waals surface area contributed by atoms with Gasteiger partial charge in [0.05, 0.1) is 18.4 Å². The van der Waals surface area contributed by atoms with Crippen molar-refractivity contribution in [3.05, 3.63) is 65.7 Å². The molecule has 2 aromatic carbocycles. The molecule has 0 spiro atoms. The van der Waals surface area contributed by atoms with Gasteiger partial charge in [0.1, 0.15) is 5.75 Å². The summed E-state index contributed by atoms with van der Waals surface area (Å²) in [6.45, 7) is 2.78. The fraction of sp³-hybridized carbons (Fsp3) is 0.273.